The molecule has 3 fully saturated rings. The van der Waals surface area contributed by atoms with Crippen LogP contribution in [0.2, 0.25) is 0 Å². The Morgan fingerprint density at radius 3 is 2.47 bits per heavy atom. The molecule has 0 saturated carbocycles. The van der Waals surface area contributed by atoms with Gasteiger partial charge in [-0.15, -0.1) is 0 Å². The zero-order valence-corrected chi connectivity index (χ0v) is 21.8. The van der Waals surface area contributed by atoms with Gasteiger partial charge in [-0.3, -0.25) is 14.4 Å². The van der Waals surface area contributed by atoms with Crippen LogP contribution in [0, 0.1) is 17.8 Å². The molecule has 2 unspecified atom stereocenters. The minimum Gasteiger partial charge on any atom is -0.497 e. The molecular weight excluding hydrogens is 464 g/mol. The Hall–Kier alpha value is -2.65. The molecule has 36 heavy (non-hydrogen) atoms. The number of anilines is 1. The molecular formula is C27H38N2O7. The quantitative estimate of drug-likeness (QED) is 0.473. The molecule has 4 rings (SSSR count). The molecule has 0 aromatic heterocycles. The second kappa shape index (κ2) is 10.0. The van der Waals surface area contributed by atoms with E-state index < -0.39 is 47.0 Å². The molecule has 1 aromatic rings. The van der Waals surface area contributed by atoms with Crippen molar-refractivity contribution in [1.82, 2.24) is 4.90 Å². The minimum atomic E-state index is -1.16. The molecule has 2 N–H and O–H groups in total. The number of likely N-dealkylation sites (tertiary alicyclic amines) is 1. The molecule has 198 valence electrons. The Morgan fingerprint density at radius 1 is 1.22 bits per heavy atom. The Morgan fingerprint density at radius 2 is 1.92 bits per heavy atom. The molecule has 1 aromatic carbocycles. The smallest absolute Gasteiger partial charge is 0.312 e. The number of benzene rings is 1. The second-order valence-electron chi connectivity index (χ2n) is 10.5. The van der Waals surface area contributed by atoms with Gasteiger partial charge in [0.15, 0.2) is 0 Å². The lowest BCUT2D eigenvalue weighted by atomic mass is 9.65. The first-order valence-corrected chi connectivity index (χ1v) is 12.9. The van der Waals surface area contributed by atoms with Crippen molar-refractivity contribution in [2.45, 2.75) is 76.7 Å². The summed E-state index contributed by atoms with van der Waals surface area (Å²) >= 11 is 0. The van der Waals surface area contributed by atoms with Gasteiger partial charge in [0.2, 0.25) is 11.8 Å². The number of hydrogen-bond donors (Lipinski definition) is 2. The monoisotopic (exact) mass is 502 g/mol. The van der Waals surface area contributed by atoms with Crippen LogP contribution in [0.1, 0.15) is 53.4 Å². The third kappa shape index (κ3) is 4.06. The van der Waals surface area contributed by atoms with E-state index in [2.05, 4.69) is 5.32 Å². The summed E-state index contributed by atoms with van der Waals surface area (Å²) in [5.74, 6) is -1.96. The third-order valence-electron chi connectivity index (χ3n) is 8.11. The van der Waals surface area contributed by atoms with E-state index in [0.29, 0.717) is 37.1 Å². The van der Waals surface area contributed by atoms with Crippen LogP contribution in [0.3, 0.4) is 0 Å². The number of carbonyl (C=O) groups excluding carboxylic acids is 3. The predicted molar refractivity (Wildman–Crippen MR) is 132 cm³/mol. The van der Waals surface area contributed by atoms with Gasteiger partial charge in [0.1, 0.15) is 23.3 Å². The fraction of sp³-hybridized carbons (Fsp3) is 0.667. The fourth-order valence-corrected chi connectivity index (χ4v) is 6.64. The van der Waals surface area contributed by atoms with Crippen LogP contribution < -0.4 is 10.1 Å². The normalized spacial score (nSPS) is 31.5. The van der Waals surface area contributed by atoms with E-state index in [9.17, 15) is 19.5 Å². The maximum Gasteiger partial charge on any atom is 0.312 e. The van der Waals surface area contributed by atoms with Crippen LogP contribution in [0.25, 0.3) is 0 Å². The van der Waals surface area contributed by atoms with Crippen LogP contribution in [-0.4, -0.2) is 71.4 Å². The maximum atomic E-state index is 14.1. The van der Waals surface area contributed by atoms with Crippen LogP contribution in [0.5, 0.6) is 5.75 Å². The Bertz CT molecular complexity index is 996. The largest absolute Gasteiger partial charge is 0.497 e. The molecule has 0 radical (unpaired) electrons. The number of aliphatic hydroxyl groups is 1. The average Bonchev–Trinajstić information content (AvgIpc) is 3.46. The first-order valence-electron chi connectivity index (χ1n) is 12.9. The van der Waals surface area contributed by atoms with Crippen LogP contribution >= 0.6 is 0 Å². The number of amides is 2. The highest BCUT2D eigenvalue weighted by atomic mass is 16.6. The van der Waals surface area contributed by atoms with Crippen molar-refractivity contribution in [1.29, 1.82) is 0 Å². The van der Waals surface area contributed by atoms with Crippen LogP contribution in [0.15, 0.2) is 24.3 Å². The highest BCUT2D eigenvalue weighted by Crippen LogP contribution is 2.64. The molecule has 6 atom stereocenters. The molecule has 3 heterocycles. The maximum absolute atomic E-state index is 14.1. The number of methoxy groups -OCH3 is 1. The molecule has 0 aliphatic carbocycles. The topological polar surface area (TPSA) is 114 Å². The lowest BCUT2D eigenvalue weighted by Crippen LogP contribution is -2.56. The molecule has 3 saturated heterocycles. The van der Waals surface area contributed by atoms with Gasteiger partial charge in [0.05, 0.1) is 37.9 Å². The zero-order chi connectivity index (χ0) is 26.3. The number of ether oxygens (including phenoxy) is 3. The summed E-state index contributed by atoms with van der Waals surface area (Å²) in [6.07, 6.45) is 2.08. The molecule has 9 nitrogen and oxygen atoms in total. The van der Waals surface area contributed by atoms with E-state index in [1.165, 1.54) is 4.90 Å². The number of rotatable bonds is 10. The van der Waals surface area contributed by atoms with Crippen molar-refractivity contribution in [3.05, 3.63) is 24.3 Å². The molecule has 1 spiro atoms. The van der Waals surface area contributed by atoms with Crippen molar-refractivity contribution in [3.63, 3.8) is 0 Å². The van der Waals surface area contributed by atoms with Crippen molar-refractivity contribution < 1.29 is 33.7 Å². The van der Waals surface area contributed by atoms with Gasteiger partial charge in [-0.2, -0.15) is 0 Å². The highest BCUT2D eigenvalue weighted by Gasteiger charge is 2.79. The van der Waals surface area contributed by atoms with Gasteiger partial charge in [-0.1, -0.05) is 20.8 Å². The number of nitrogens with zero attached hydrogens (tertiary/aromatic N) is 1. The Kier molecular flexibility index (Phi) is 7.35. The zero-order valence-electron chi connectivity index (χ0n) is 21.8. The molecule has 2 bridgehead atoms. The lowest BCUT2D eigenvalue weighted by Gasteiger charge is -2.37. The summed E-state index contributed by atoms with van der Waals surface area (Å²) < 4.78 is 17.3. The van der Waals surface area contributed by atoms with Gasteiger partial charge in [-0.05, 0) is 62.8 Å². The first-order chi connectivity index (χ1) is 17.2. The molecule has 3 aliphatic rings. The van der Waals surface area contributed by atoms with E-state index >= 15 is 0 Å². The summed E-state index contributed by atoms with van der Waals surface area (Å²) in [5.41, 5.74) is -1.45. The van der Waals surface area contributed by atoms with Crippen molar-refractivity contribution in [3.8, 4) is 5.75 Å². The molecule has 2 amide bonds. The van der Waals surface area contributed by atoms with Crippen molar-refractivity contribution in [2.24, 2.45) is 17.8 Å². The lowest BCUT2D eigenvalue weighted by molar-refractivity contribution is -0.161. The summed E-state index contributed by atoms with van der Waals surface area (Å²) in [6, 6.07) is 5.38. The third-order valence-corrected chi connectivity index (χ3v) is 8.11. The van der Waals surface area contributed by atoms with Gasteiger partial charge in [0.25, 0.3) is 0 Å². The summed E-state index contributed by atoms with van der Waals surface area (Å²) in [4.78, 5) is 42.8. The van der Waals surface area contributed by atoms with Gasteiger partial charge < -0.3 is 29.5 Å². The van der Waals surface area contributed by atoms with E-state index in [0.717, 1.165) is 0 Å². The number of aliphatic hydroxyl groups excluding tert-OH is 1. The first kappa shape index (κ1) is 26.4. The van der Waals surface area contributed by atoms with Crippen molar-refractivity contribution >= 4 is 23.5 Å². The number of carbonyl (C=O) groups is 3. The Labute approximate surface area is 212 Å². The van der Waals surface area contributed by atoms with E-state index in [1.807, 2.05) is 20.8 Å². The van der Waals surface area contributed by atoms with Gasteiger partial charge >= 0.3 is 5.97 Å². The number of nitrogens with one attached hydrogen (secondary N) is 1. The SMILES string of the molecule is CCOC(=O)[C@@H]1[C@H]2C(=O)N([C@@H](CO)CC(C)C)C(C(=O)Nc3ccc(OC)cc3)C23CC[C@@]1(CC)O3. The number of fused-ring (bicyclic) bond motifs is 1. The summed E-state index contributed by atoms with van der Waals surface area (Å²) in [7, 11) is 1.57. The van der Waals surface area contributed by atoms with Crippen molar-refractivity contribution in [2.75, 3.05) is 25.6 Å². The summed E-state index contributed by atoms with van der Waals surface area (Å²) in [6.45, 7) is 7.59. The van der Waals surface area contributed by atoms with E-state index in [4.69, 9.17) is 14.2 Å². The number of hydrogen-bond acceptors (Lipinski definition) is 7. The van der Waals surface area contributed by atoms with Gasteiger partial charge in [-0.25, -0.2) is 0 Å². The summed E-state index contributed by atoms with van der Waals surface area (Å²) in [5, 5.41) is 13.3. The fourth-order valence-electron chi connectivity index (χ4n) is 6.64. The van der Waals surface area contributed by atoms with Crippen LogP contribution in [-0.2, 0) is 23.9 Å². The highest BCUT2D eigenvalue weighted by molar-refractivity contribution is 6.03. The van der Waals surface area contributed by atoms with E-state index in [-0.39, 0.29) is 25.0 Å². The predicted octanol–water partition coefficient (Wildman–Crippen LogP) is 2.76. The second-order valence-corrected chi connectivity index (χ2v) is 10.5. The molecule has 3 aliphatic heterocycles. The average molecular weight is 503 g/mol. The minimum absolute atomic E-state index is 0.179. The van der Waals surface area contributed by atoms with Crippen LogP contribution in [0.4, 0.5) is 5.69 Å². The number of esters is 1. The van der Waals surface area contributed by atoms with Gasteiger partial charge in [0, 0.05) is 5.69 Å². The van der Waals surface area contributed by atoms with E-state index in [1.54, 1.807) is 38.3 Å². The standard InChI is InChI=1S/C27H38N2O7/c1-6-26-12-13-27(36-26)20(21(26)25(33)35-7-2)24(32)29(18(15-30)14-16(3)4)22(27)23(31)28-17-8-10-19(34-5)11-9-17/h8-11,16,18,20-22,30H,6-7,12-15H2,1-5H3,(H,28,31)/t18-,20+,21+,22?,26-,27?/m1/s1. The molecule has 9 heteroatoms. The Balaban J connectivity index is 1.77.